The second-order valence-corrected chi connectivity index (χ2v) is 10.9. The van der Waals surface area contributed by atoms with E-state index < -0.39 is 42.9 Å². The molecule has 0 radical (unpaired) electrons. The lowest BCUT2D eigenvalue weighted by Crippen LogP contribution is -2.58. The van der Waals surface area contributed by atoms with Gasteiger partial charge in [0.05, 0.1) is 17.2 Å². The first-order valence-electron chi connectivity index (χ1n) is 13.3. The van der Waals surface area contributed by atoms with Crippen LogP contribution in [0.2, 0.25) is 0 Å². The van der Waals surface area contributed by atoms with Crippen molar-refractivity contribution in [2.24, 2.45) is 0 Å². The SMILES string of the molecule is C=C(NC1Cc2cccc(C(=O)O)c2OB1OC)C(NC(=O)N1CCN(Cc2ccccc2)C(=O)C1=O)c1csc(N)n1. The van der Waals surface area contributed by atoms with Crippen molar-refractivity contribution in [3.63, 3.8) is 0 Å². The van der Waals surface area contributed by atoms with Crippen molar-refractivity contribution in [2.45, 2.75) is 24.9 Å². The van der Waals surface area contributed by atoms with E-state index in [0.717, 1.165) is 21.8 Å². The first-order valence-corrected chi connectivity index (χ1v) is 14.2. The molecular formula is C28H29BN6O7S. The third-order valence-corrected chi connectivity index (χ3v) is 7.85. The molecule has 5 N–H and O–H groups in total. The van der Waals surface area contributed by atoms with Crippen molar-refractivity contribution in [2.75, 3.05) is 25.9 Å². The van der Waals surface area contributed by atoms with Crippen LogP contribution in [-0.2, 0) is 27.2 Å². The second-order valence-electron chi connectivity index (χ2n) is 9.96. The van der Waals surface area contributed by atoms with Gasteiger partial charge in [-0.1, -0.05) is 49.0 Å². The van der Waals surface area contributed by atoms with E-state index >= 15 is 0 Å². The molecule has 0 bridgehead atoms. The summed E-state index contributed by atoms with van der Waals surface area (Å²) >= 11 is 1.16. The van der Waals surface area contributed by atoms with Crippen molar-refractivity contribution in [3.05, 3.63) is 88.6 Å². The van der Waals surface area contributed by atoms with Gasteiger partial charge in [0.1, 0.15) is 11.8 Å². The Morgan fingerprint density at radius 1 is 1.21 bits per heavy atom. The Morgan fingerprint density at radius 3 is 2.65 bits per heavy atom. The number of imide groups is 1. The van der Waals surface area contributed by atoms with E-state index in [9.17, 15) is 24.3 Å². The number of carboxylic acid groups (broad SMARTS) is 1. The molecule has 15 heteroatoms. The Labute approximate surface area is 251 Å². The van der Waals surface area contributed by atoms with Gasteiger partial charge in [0.15, 0.2) is 5.13 Å². The van der Waals surface area contributed by atoms with Crippen LogP contribution in [0.4, 0.5) is 9.93 Å². The Bertz CT molecular complexity index is 1570. The van der Waals surface area contributed by atoms with E-state index in [-0.39, 0.29) is 41.8 Å². The topological polar surface area (TPSA) is 176 Å². The summed E-state index contributed by atoms with van der Waals surface area (Å²) in [5, 5.41) is 17.4. The van der Waals surface area contributed by atoms with E-state index in [4.69, 9.17) is 15.0 Å². The molecule has 222 valence electrons. The zero-order valence-electron chi connectivity index (χ0n) is 23.2. The third kappa shape index (κ3) is 6.32. The molecule has 0 saturated carbocycles. The van der Waals surface area contributed by atoms with Gasteiger partial charge in [0.25, 0.3) is 0 Å². The number of hydrogen-bond acceptors (Lipinski definition) is 10. The number of carbonyl (C=O) groups is 4. The molecule has 5 rings (SSSR count). The minimum atomic E-state index is -1.12. The number of fused-ring (bicyclic) bond motifs is 1. The van der Waals surface area contributed by atoms with Gasteiger partial charge in [-0.05, 0) is 23.6 Å². The van der Waals surface area contributed by atoms with Crippen LogP contribution in [0.1, 0.15) is 33.2 Å². The molecule has 0 aliphatic carbocycles. The highest BCUT2D eigenvalue weighted by Gasteiger charge is 2.41. The number of anilines is 1. The number of nitrogens with two attached hydrogens (primary N) is 1. The monoisotopic (exact) mass is 604 g/mol. The average Bonchev–Trinajstić information content (AvgIpc) is 3.43. The number of benzene rings is 2. The number of hydrogen-bond donors (Lipinski definition) is 4. The molecule has 1 aromatic heterocycles. The van der Waals surface area contributed by atoms with Gasteiger partial charge >= 0.3 is 30.9 Å². The van der Waals surface area contributed by atoms with Crippen molar-refractivity contribution in [1.29, 1.82) is 0 Å². The lowest BCUT2D eigenvalue weighted by atomic mass is 9.71. The van der Waals surface area contributed by atoms with Crippen LogP contribution in [0, 0.1) is 0 Å². The van der Waals surface area contributed by atoms with Crippen molar-refractivity contribution < 1.29 is 33.6 Å². The molecule has 2 aliphatic rings. The number of aromatic nitrogens is 1. The summed E-state index contributed by atoms with van der Waals surface area (Å²) < 4.78 is 11.4. The minimum absolute atomic E-state index is 0.0000220. The van der Waals surface area contributed by atoms with Crippen molar-refractivity contribution in [3.8, 4) is 5.75 Å². The number of carboxylic acids is 1. The highest BCUT2D eigenvalue weighted by atomic mass is 32.1. The maximum absolute atomic E-state index is 13.4. The molecule has 1 saturated heterocycles. The lowest BCUT2D eigenvalue weighted by molar-refractivity contribution is -0.154. The minimum Gasteiger partial charge on any atom is -0.534 e. The van der Waals surface area contributed by atoms with Gasteiger partial charge in [-0.2, -0.15) is 0 Å². The summed E-state index contributed by atoms with van der Waals surface area (Å²) in [6.07, 6.45) is 0.324. The molecule has 13 nitrogen and oxygen atoms in total. The summed E-state index contributed by atoms with van der Waals surface area (Å²) in [4.78, 5) is 57.5. The number of urea groups is 1. The number of amides is 4. The molecule has 3 heterocycles. The fourth-order valence-corrected chi connectivity index (χ4v) is 5.62. The fourth-order valence-electron chi connectivity index (χ4n) is 5.03. The molecule has 2 atom stereocenters. The summed E-state index contributed by atoms with van der Waals surface area (Å²) in [7, 11) is 0.537. The number of piperazine rings is 1. The molecule has 2 aromatic carbocycles. The first kappa shape index (κ1) is 29.6. The molecule has 2 unspecified atom stereocenters. The molecule has 3 aromatic rings. The zero-order chi connectivity index (χ0) is 30.7. The van der Waals surface area contributed by atoms with E-state index in [1.807, 2.05) is 30.3 Å². The van der Waals surface area contributed by atoms with Crippen LogP contribution >= 0.6 is 11.3 Å². The summed E-state index contributed by atoms with van der Waals surface area (Å²) in [5.41, 5.74) is 8.06. The van der Waals surface area contributed by atoms with Crippen molar-refractivity contribution in [1.82, 2.24) is 25.4 Å². The number of nitrogens with zero attached hydrogens (tertiary/aromatic N) is 3. The smallest absolute Gasteiger partial charge is 0.534 e. The number of aromatic carboxylic acids is 1. The fraction of sp³-hybridized carbons (Fsp3) is 0.250. The third-order valence-electron chi connectivity index (χ3n) is 7.15. The Kier molecular flexibility index (Phi) is 8.64. The maximum Gasteiger partial charge on any atom is 0.549 e. The number of para-hydroxylation sites is 1. The maximum atomic E-state index is 13.4. The van der Waals surface area contributed by atoms with E-state index in [1.54, 1.807) is 17.5 Å². The largest absolute Gasteiger partial charge is 0.549 e. The summed E-state index contributed by atoms with van der Waals surface area (Å²) in [6.45, 7) is 4.54. The molecule has 0 spiro atoms. The lowest BCUT2D eigenvalue weighted by Gasteiger charge is -2.35. The first-order chi connectivity index (χ1) is 20.7. The average molecular weight is 604 g/mol. The summed E-state index contributed by atoms with van der Waals surface area (Å²) in [5.74, 6) is -3.16. The molecule has 1 fully saturated rings. The van der Waals surface area contributed by atoms with E-state index in [0.29, 0.717) is 17.7 Å². The predicted molar refractivity (Wildman–Crippen MR) is 158 cm³/mol. The normalized spacial score (nSPS) is 17.1. The van der Waals surface area contributed by atoms with Crippen LogP contribution in [0.5, 0.6) is 5.75 Å². The number of carbonyl (C=O) groups excluding carboxylic acids is 3. The predicted octanol–water partition coefficient (Wildman–Crippen LogP) is 1.83. The Morgan fingerprint density at radius 2 is 1.98 bits per heavy atom. The van der Waals surface area contributed by atoms with Crippen molar-refractivity contribution >= 4 is 47.4 Å². The number of nitrogens with one attached hydrogen (secondary N) is 2. The van der Waals surface area contributed by atoms with Crippen LogP contribution < -0.4 is 21.0 Å². The molecular weight excluding hydrogens is 575 g/mol. The summed E-state index contributed by atoms with van der Waals surface area (Å²) in [6, 6.07) is 12.4. The Balaban J connectivity index is 1.31. The second kappa shape index (κ2) is 12.5. The van der Waals surface area contributed by atoms with Gasteiger partial charge in [0, 0.05) is 37.8 Å². The van der Waals surface area contributed by atoms with Gasteiger partial charge in [-0.25, -0.2) is 14.6 Å². The van der Waals surface area contributed by atoms with Gasteiger partial charge in [-0.3, -0.25) is 14.5 Å². The zero-order valence-corrected chi connectivity index (χ0v) is 24.0. The molecule has 43 heavy (non-hydrogen) atoms. The number of thiazole rings is 1. The quantitative estimate of drug-likeness (QED) is 0.208. The molecule has 4 amide bonds. The van der Waals surface area contributed by atoms with E-state index in [2.05, 4.69) is 22.2 Å². The van der Waals surface area contributed by atoms with Gasteiger partial charge in [-0.15, -0.1) is 11.3 Å². The van der Waals surface area contributed by atoms with Crippen LogP contribution in [0.3, 0.4) is 0 Å². The van der Waals surface area contributed by atoms with Gasteiger partial charge in [0.2, 0.25) is 0 Å². The van der Waals surface area contributed by atoms with E-state index in [1.165, 1.54) is 18.1 Å². The standard InChI is InChI=1S/C28H29BN6O7S/c1-16(31-21-13-18-9-6-10-19(26(38)39)23(18)42-29(21)41-2)22(20-15-43-27(30)32-20)33-28(40)35-12-11-34(24(36)25(35)37)14-17-7-4-3-5-8-17/h3-10,15,21-22,31H,1,11-14H2,2H3,(H2,30,32)(H,33,40)(H,38,39). The highest BCUT2D eigenvalue weighted by Crippen LogP contribution is 2.32. The van der Waals surface area contributed by atoms with Crippen LogP contribution in [-0.4, -0.2) is 77.0 Å². The Hall–Kier alpha value is -4.89. The highest BCUT2D eigenvalue weighted by molar-refractivity contribution is 7.13. The van der Waals surface area contributed by atoms with Gasteiger partial charge < -0.3 is 35.7 Å². The van der Waals surface area contributed by atoms with Crippen LogP contribution in [0.15, 0.2) is 66.2 Å². The number of nitrogen functional groups attached to an aromatic ring is 1. The number of rotatable bonds is 9. The van der Waals surface area contributed by atoms with Crippen LogP contribution in [0.25, 0.3) is 0 Å². The molecule has 2 aliphatic heterocycles.